The van der Waals surface area contributed by atoms with Gasteiger partial charge in [0.15, 0.2) is 5.13 Å². The van der Waals surface area contributed by atoms with Crippen LogP contribution in [0.2, 0.25) is 0 Å². The molecule has 2 aromatic rings. The molecular formula is C14H19N3O2S. The zero-order valence-corrected chi connectivity index (χ0v) is 12.3. The Morgan fingerprint density at radius 3 is 3.10 bits per heavy atom. The van der Waals surface area contributed by atoms with Gasteiger partial charge in [-0.2, -0.15) is 0 Å². The van der Waals surface area contributed by atoms with Crippen molar-refractivity contribution in [2.75, 3.05) is 24.3 Å². The number of nitrogen functional groups attached to an aromatic ring is 1. The molecule has 1 heterocycles. The van der Waals surface area contributed by atoms with Crippen LogP contribution in [-0.2, 0) is 9.53 Å². The Balaban J connectivity index is 1.83. The number of fused-ring (bicyclic) bond motifs is 1. The van der Waals surface area contributed by atoms with Crippen LogP contribution in [0.5, 0.6) is 0 Å². The van der Waals surface area contributed by atoms with Crippen molar-refractivity contribution in [2.24, 2.45) is 0 Å². The van der Waals surface area contributed by atoms with Gasteiger partial charge in [0.05, 0.1) is 10.2 Å². The molecule has 108 valence electrons. The third-order valence-corrected chi connectivity index (χ3v) is 3.72. The van der Waals surface area contributed by atoms with Crippen molar-refractivity contribution in [1.82, 2.24) is 4.98 Å². The number of nitrogens with zero attached hydrogens (tertiary/aromatic N) is 1. The van der Waals surface area contributed by atoms with Gasteiger partial charge in [0.1, 0.15) is 6.61 Å². The van der Waals surface area contributed by atoms with E-state index in [2.05, 4.69) is 17.2 Å². The summed E-state index contributed by atoms with van der Waals surface area (Å²) < 4.78 is 6.27. The molecule has 0 bridgehead atoms. The highest BCUT2D eigenvalue weighted by molar-refractivity contribution is 7.22. The second-order valence-corrected chi connectivity index (χ2v) is 5.58. The topological polar surface area (TPSA) is 77.2 Å². The molecule has 0 fully saturated rings. The Labute approximate surface area is 122 Å². The molecule has 0 radical (unpaired) electrons. The van der Waals surface area contributed by atoms with Gasteiger partial charge in [0.2, 0.25) is 0 Å². The third-order valence-electron chi connectivity index (χ3n) is 2.78. The molecule has 3 N–H and O–H groups in total. The number of nitrogens with two attached hydrogens (primary N) is 1. The Kier molecular flexibility index (Phi) is 5.31. The van der Waals surface area contributed by atoms with Gasteiger partial charge in [-0.3, -0.25) is 10.1 Å². The first-order valence-electron chi connectivity index (χ1n) is 6.72. The molecule has 1 aromatic heterocycles. The van der Waals surface area contributed by atoms with E-state index in [4.69, 9.17) is 10.5 Å². The van der Waals surface area contributed by atoms with Crippen LogP contribution in [-0.4, -0.2) is 24.1 Å². The van der Waals surface area contributed by atoms with Crippen LogP contribution >= 0.6 is 11.3 Å². The summed E-state index contributed by atoms with van der Waals surface area (Å²) in [5.74, 6) is -0.173. The van der Waals surface area contributed by atoms with E-state index in [1.807, 2.05) is 12.1 Å². The van der Waals surface area contributed by atoms with Crippen LogP contribution in [0.3, 0.4) is 0 Å². The van der Waals surface area contributed by atoms with E-state index in [9.17, 15) is 4.79 Å². The maximum Gasteiger partial charge on any atom is 0.252 e. The predicted molar refractivity (Wildman–Crippen MR) is 83.0 cm³/mol. The average Bonchev–Trinajstić information content (AvgIpc) is 2.79. The number of hydrogen-bond donors (Lipinski definition) is 2. The molecule has 20 heavy (non-hydrogen) atoms. The number of amides is 1. The molecule has 0 aliphatic carbocycles. The third kappa shape index (κ3) is 4.18. The van der Waals surface area contributed by atoms with E-state index in [0.29, 0.717) is 17.4 Å². The molecule has 0 saturated heterocycles. The van der Waals surface area contributed by atoms with Gasteiger partial charge in [0, 0.05) is 12.3 Å². The molecule has 1 amide bonds. The first-order chi connectivity index (χ1) is 9.69. The van der Waals surface area contributed by atoms with Crippen LogP contribution in [0.1, 0.15) is 26.2 Å². The second kappa shape index (κ2) is 7.21. The molecular weight excluding hydrogens is 274 g/mol. The molecule has 1 aromatic carbocycles. The van der Waals surface area contributed by atoms with E-state index in [1.165, 1.54) is 11.3 Å². The predicted octanol–water partition coefficient (Wildman–Crippen LogP) is 3.02. The first-order valence-corrected chi connectivity index (χ1v) is 7.54. The summed E-state index contributed by atoms with van der Waals surface area (Å²) in [5.41, 5.74) is 7.24. The number of hydrogen-bond acceptors (Lipinski definition) is 5. The van der Waals surface area contributed by atoms with E-state index in [-0.39, 0.29) is 12.5 Å². The number of unbranched alkanes of at least 4 members (excludes halogenated alkanes) is 2. The summed E-state index contributed by atoms with van der Waals surface area (Å²) >= 11 is 1.41. The van der Waals surface area contributed by atoms with Gasteiger partial charge in [0.25, 0.3) is 5.91 Å². The quantitative estimate of drug-likeness (QED) is 0.607. The SMILES string of the molecule is CCCCCOCC(=O)Nc1nc2ccc(N)cc2s1. The lowest BCUT2D eigenvalue weighted by Gasteiger charge is -2.03. The van der Waals surface area contributed by atoms with Crippen LogP contribution in [0, 0.1) is 0 Å². The fraction of sp³-hybridized carbons (Fsp3) is 0.429. The molecule has 5 nitrogen and oxygen atoms in total. The van der Waals surface area contributed by atoms with Crippen LogP contribution in [0.15, 0.2) is 18.2 Å². The normalized spacial score (nSPS) is 10.8. The van der Waals surface area contributed by atoms with Crippen LogP contribution in [0.25, 0.3) is 10.2 Å². The smallest absolute Gasteiger partial charge is 0.252 e. The Bertz CT molecular complexity index is 583. The lowest BCUT2D eigenvalue weighted by Crippen LogP contribution is -2.18. The summed E-state index contributed by atoms with van der Waals surface area (Å²) in [6, 6.07) is 5.49. The van der Waals surface area contributed by atoms with Crippen molar-refractivity contribution in [2.45, 2.75) is 26.2 Å². The maximum atomic E-state index is 11.7. The summed E-state index contributed by atoms with van der Waals surface area (Å²) in [4.78, 5) is 16.0. The fourth-order valence-corrected chi connectivity index (χ4v) is 2.70. The van der Waals surface area contributed by atoms with E-state index in [1.54, 1.807) is 6.07 Å². The minimum Gasteiger partial charge on any atom is -0.399 e. The average molecular weight is 293 g/mol. The van der Waals surface area contributed by atoms with Crippen molar-refractivity contribution in [3.63, 3.8) is 0 Å². The molecule has 0 spiro atoms. The molecule has 6 heteroatoms. The van der Waals surface area contributed by atoms with Gasteiger partial charge >= 0.3 is 0 Å². The number of anilines is 2. The van der Waals surface area contributed by atoms with E-state index >= 15 is 0 Å². The standard InChI is InChI=1S/C14H19N3O2S/c1-2-3-4-7-19-9-13(18)17-14-16-11-6-5-10(15)8-12(11)20-14/h5-6,8H,2-4,7,9,15H2,1H3,(H,16,17,18). The number of benzene rings is 1. The lowest BCUT2D eigenvalue weighted by atomic mass is 10.3. The van der Waals surface area contributed by atoms with Gasteiger partial charge in [-0.15, -0.1) is 0 Å². The lowest BCUT2D eigenvalue weighted by molar-refractivity contribution is -0.120. The highest BCUT2D eigenvalue weighted by Gasteiger charge is 2.08. The minimum absolute atomic E-state index is 0.0712. The van der Waals surface area contributed by atoms with Crippen molar-refractivity contribution in [3.8, 4) is 0 Å². The number of carbonyl (C=O) groups is 1. The van der Waals surface area contributed by atoms with Crippen molar-refractivity contribution in [1.29, 1.82) is 0 Å². The van der Waals surface area contributed by atoms with Crippen molar-refractivity contribution >= 4 is 38.3 Å². The molecule has 0 saturated carbocycles. The van der Waals surface area contributed by atoms with E-state index in [0.717, 1.165) is 29.5 Å². The van der Waals surface area contributed by atoms with E-state index < -0.39 is 0 Å². The fourth-order valence-electron chi connectivity index (χ4n) is 1.77. The highest BCUT2D eigenvalue weighted by Crippen LogP contribution is 2.27. The molecule has 0 unspecified atom stereocenters. The summed E-state index contributed by atoms with van der Waals surface area (Å²) in [6.07, 6.45) is 3.26. The zero-order valence-electron chi connectivity index (χ0n) is 11.5. The largest absolute Gasteiger partial charge is 0.399 e. The zero-order chi connectivity index (χ0) is 14.4. The molecule has 0 aliphatic rings. The van der Waals surface area contributed by atoms with Gasteiger partial charge < -0.3 is 10.5 Å². The number of nitrogens with one attached hydrogen (secondary N) is 1. The van der Waals surface area contributed by atoms with Crippen LogP contribution < -0.4 is 11.1 Å². The van der Waals surface area contributed by atoms with Crippen LogP contribution in [0.4, 0.5) is 10.8 Å². The molecule has 0 atom stereocenters. The Morgan fingerprint density at radius 2 is 2.30 bits per heavy atom. The second-order valence-electron chi connectivity index (χ2n) is 4.55. The summed E-state index contributed by atoms with van der Waals surface area (Å²) in [5, 5.41) is 3.32. The summed E-state index contributed by atoms with van der Waals surface area (Å²) in [6.45, 7) is 2.83. The van der Waals surface area contributed by atoms with Crippen molar-refractivity contribution < 1.29 is 9.53 Å². The van der Waals surface area contributed by atoms with Gasteiger partial charge in [-0.05, 0) is 24.6 Å². The minimum atomic E-state index is -0.173. The number of aromatic nitrogens is 1. The maximum absolute atomic E-state index is 11.7. The first kappa shape index (κ1) is 14.7. The highest BCUT2D eigenvalue weighted by atomic mass is 32.1. The number of thiazole rings is 1. The molecule has 0 aliphatic heterocycles. The number of rotatable bonds is 7. The van der Waals surface area contributed by atoms with Crippen molar-refractivity contribution in [3.05, 3.63) is 18.2 Å². The summed E-state index contributed by atoms with van der Waals surface area (Å²) in [7, 11) is 0. The van der Waals surface area contributed by atoms with Gasteiger partial charge in [-0.25, -0.2) is 4.98 Å². The van der Waals surface area contributed by atoms with Gasteiger partial charge in [-0.1, -0.05) is 31.1 Å². The number of ether oxygens (including phenoxy) is 1. The number of carbonyl (C=O) groups excluding carboxylic acids is 1. The molecule has 2 rings (SSSR count). The Hall–Kier alpha value is -1.66. The Morgan fingerprint density at radius 1 is 1.45 bits per heavy atom. The monoisotopic (exact) mass is 293 g/mol.